The molecule has 2 heterocycles. The van der Waals surface area contributed by atoms with Crippen LogP contribution in [0.3, 0.4) is 0 Å². The maximum Gasteiger partial charge on any atom is 0.235 e. The normalized spacial score (nSPS) is 15.6. The van der Waals surface area contributed by atoms with Gasteiger partial charge in [-0.25, -0.2) is 0 Å². The van der Waals surface area contributed by atoms with E-state index in [-0.39, 0.29) is 17.8 Å². The zero-order valence-electron chi connectivity index (χ0n) is 18.4. The quantitative estimate of drug-likeness (QED) is 0.533. The third kappa shape index (κ3) is 5.26. The number of aliphatic hydroxyl groups excluding tert-OH is 1. The molecule has 0 radical (unpaired) electrons. The number of β-amino-alcohol motifs (C(OH)–C–C–N with tert-alkyl or cyclic N) is 1. The molecule has 0 unspecified atom stereocenters. The maximum absolute atomic E-state index is 12.9. The monoisotopic (exact) mass is 457 g/mol. The highest BCUT2D eigenvalue weighted by Gasteiger charge is 2.16. The van der Waals surface area contributed by atoms with Gasteiger partial charge >= 0.3 is 0 Å². The highest BCUT2D eigenvalue weighted by molar-refractivity contribution is 6.32. The summed E-state index contributed by atoms with van der Waals surface area (Å²) in [6, 6.07) is 8.58. The van der Waals surface area contributed by atoms with E-state index in [1.807, 2.05) is 13.8 Å². The van der Waals surface area contributed by atoms with Crippen LogP contribution >= 0.6 is 11.6 Å². The van der Waals surface area contributed by atoms with E-state index in [1.54, 1.807) is 30.3 Å². The van der Waals surface area contributed by atoms with Crippen LogP contribution in [0.25, 0.3) is 11.0 Å². The van der Waals surface area contributed by atoms with Gasteiger partial charge < -0.3 is 23.9 Å². The summed E-state index contributed by atoms with van der Waals surface area (Å²) in [6.07, 6.45) is 4.36. The molecule has 1 aliphatic rings. The lowest BCUT2D eigenvalue weighted by Crippen LogP contribution is -2.38. The van der Waals surface area contributed by atoms with Gasteiger partial charge in [-0.3, -0.25) is 4.79 Å². The van der Waals surface area contributed by atoms with E-state index in [4.69, 9.17) is 25.5 Å². The number of halogens is 1. The van der Waals surface area contributed by atoms with Gasteiger partial charge in [0.05, 0.1) is 5.39 Å². The molecule has 1 atom stereocenters. The van der Waals surface area contributed by atoms with E-state index in [0.717, 1.165) is 24.2 Å². The molecule has 1 saturated heterocycles. The molecule has 4 rings (SSSR count). The van der Waals surface area contributed by atoms with E-state index >= 15 is 0 Å². The summed E-state index contributed by atoms with van der Waals surface area (Å²) in [6.45, 7) is 6.61. The number of ether oxygens (including phenoxy) is 2. The van der Waals surface area contributed by atoms with Crippen LogP contribution in [0.15, 0.2) is 45.8 Å². The minimum Gasteiger partial charge on any atom is -0.491 e. The Bertz CT molecular complexity index is 1130. The van der Waals surface area contributed by atoms with Crippen molar-refractivity contribution in [2.24, 2.45) is 0 Å². The summed E-state index contributed by atoms with van der Waals surface area (Å²) in [4.78, 5) is 15.1. The first kappa shape index (κ1) is 22.6. The Balaban J connectivity index is 1.44. The number of aryl methyl sites for hydroxylation is 2. The van der Waals surface area contributed by atoms with E-state index in [0.29, 0.717) is 34.0 Å². The fourth-order valence-electron chi connectivity index (χ4n) is 4.03. The Labute approximate surface area is 192 Å². The fraction of sp³-hybridized carbons (Fsp3) is 0.400. The third-order valence-corrected chi connectivity index (χ3v) is 6.31. The number of likely N-dealkylation sites (tertiary alicyclic amines) is 1. The number of piperidine rings is 1. The van der Waals surface area contributed by atoms with Gasteiger partial charge in [-0.2, -0.15) is 0 Å². The van der Waals surface area contributed by atoms with E-state index in [1.165, 1.54) is 25.5 Å². The first-order valence-electron chi connectivity index (χ1n) is 10.9. The van der Waals surface area contributed by atoms with Gasteiger partial charge in [-0.15, -0.1) is 0 Å². The fourth-order valence-corrected chi connectivity index (χ4v) is 4.14. The van der Waals surface area contributed by atoms with Crippen molar-refractivity contribution in [2.45, 2.75) is 39.2 Å². The molecule has 0 aliphatic carbocycles. The van der Waals surface area contributed by atoms with Crippen LogP contribution in [0.4, 0.5) is 0 Å². The lowest BCUT2D eigenvalue weighted by molar-refractivity contribution is 0.0617. The Morgan fingerprint density at radius 2 is 1.81 bits per heavy atom. The summed E-state index contributed by atoms with van der Waals surface area (Å²) >= 11 is 6.21. The molecule has 32 heavy (non-hydrogen) atoms. The van der Waals surface area contributed by atoms with Gasteiger partial charge in [-0.05, 0) is 75.2 Å². The molecule has 1 fully saturated rings. The van der Waals surface area contributed by atoms with Crippen LogP contribution in [-0.2, 0) is 0 Å². The first-order chi connectivity index (χ1) is 15.4. The molecule has 6 nitrogen and oxygen atoms in total. The number of benzene rings is 2. The van der Waals surface area contributed by atoms with Crippen molar-refractivity contribution in [3.8, 4) is 17.2 Å². The van der Waals surface area contributed by atoms with Crippen molar-refractivity contribution in [3.63, 3.8) is 0 Å². The van der Waals surface area contributed by atoms with Gasteiger partial charge in [0.15, 0.2) is 0 Å². The van der Waals surface area contributed by atoms with Crippen LogP contribution < -0.4 is 14.9 Å². The largest absolute Gasteiger partial charge is 0.491 e. The lowest BCUT2D eigenvalue weighted by Gasteiger charge is -2.28. The predicted octanol–water partition coefficient (Wildman–Crippen LogP) is 5.08. The molecular formula is C25H28ClNO5. The van der Waals surface area contributed by atoms with E-state index in [2.05, 4.69) is 4.90 Å². The van der Waals surface area contributed by atoms with Gasteiger partial charge in [0.2, 0.25) is 11.2 Å². The highest BCUT2D eigenvalue weighted by atomic mass is 35.5. The SMILES string of the molecule is Cc1cc(Oc2coc3cc(OC[C@@H](O)CN4CCCCC4)ccc3c2=O)cc(C)c1Cl. The standard InChI is InChI=1S/C25H28ClNO5/c1-16-10-20(11-17(2)24(16)26)32-23-15-31-22-12-19(6-7-21(22)25(23)29)30-14-18(28)13-27-8-4-3-5-9-27/h6-7,10-12,15,18,28H,3-5,8-9,13-14H2,1-2H3/t18-/m0/s1. The summed E-state index contributed by atoms with van der Waals surface area (Å²) < 4.78 is 17.2. The van der Waals surface area contributed by atoms with E-state index in [9.17, 15) is 9.90 Å². The second kappa shape index (κ2) is 9.94. The van der Waals surface area contributed by atoms with Crippen molar-refractivity contribution in [2.75, 3.05) is 26.2 Å². The molecule has 1 aromatic heterocycles. The number of fused-ring (bicyclic) bond motifs is 1. The molecule has 0 bridgehead atoms. The zero-order valence-corrected chi connectivity index (χ0v) is 19.2. The van der Waals surface area contributed by atoms with Crippen molar-refractivity contribution < 1.29 is 19.0 Å². The lowest BCUT2D eigenvalue weighted by atomic mass is 10.1. The number of hydrogen-bond acceptors (Lipinski definition) is 6. The molecule has 1 aliphatic heterocycles. The molecular weight excluding hydrogens is 430 g/mol. The summed E-state index contributed by atoms with van der Waals surface area (Å²) in [7, 11) is 0. The summed E-state index contributed by atoms with van der Waals surface area (Å²) in [5, 5.41) is 11.4. The molecule has 0 saturated carbocycles. The Kier molecular flexibility index (Phi) is 7.04. The number of aliphatic hydroxyl groups is 1. The van der Waals surface area contributed by atoms with E-state index < -0.39 is 6.10 Å². The Hall–Kier alpha value is -2.54. The molecule has 2 aromatic carbocycles. The predicted molar refractivity (Wildman–Crippen MR) is 125 cm³/mol. The number of rotatable bonds is 7. The Morgan fingerprint density at radius 1 is 1.09 bits per heavy atom. The van der Waals surface area contributed by atoms with Gasteiger partial charge in [0.25, 0.3) is 0 Å². The van der Waals surface area contributed by atoms with Gasteiger partial charge in [0, 0.05) is 17.6 Å². The van der Waals surface area contributed by atoms with Crippen LogP contribution in [0.2, 0.25) is 5.02 Å². The molecule has 7 heteroatoms. The maximum atomic E-state index is 12.9. The second-order valence-corrected chi connectivity index (χ2v) is 8.76. The topological polar surface area (TPSA) is 72.1 Å². The average molecular weight is 458 g/mol. The molecule has 0 amide bonds. The van der Waals surface area contributed by atoms with Crippen molar-refractivity contribution >= 4 is 22.6 Å². The van der Waals surface area contributed by atoms with Crippen molar-refractivity contribution in [1.29, 1.82) is 0 Å². The Morgan fingerprint density at radius 3 is 2.53 bits per heavy atom. The van der Waals surface area contributed by atoms with Crippen molar-refractivity contribution in [3.05, 3.63) is 63.0 Å². The minimum atomic E-state index is -0.571. The molecule has 0 spiro atoms. The molecule has 1 N–H and O–H groups in total. The second-order valence-electron chi connectivity index (χ2n) is 8.39. The van der Waals surface area contributed by atoms with Gasteiger partial charge in [-0.1, -0.05) is 18.0 Å². The third-order valence-electron chi connectivity index (χ3n) is 5.71. The highest BCUT2D eigenvalue weighted by Crippen LogP contribution is 2.29. The first-order valence-corrected chi connectivity index (χ1v) is 11.3. The molecule has 3 aromatic rings. The summed E-state index contributed by atoms with van der Waals surface area (Å²) in [5.74, 6) is 1.17. The average Bonchev–Trinajstić information content (AvgIpc) is 2.78. The van der Waals surface area contributed by atoms with Crippen molar-refractivity contribution in [1.82, 2.24) is 4.90 Å². The number of nitrogens with zero attached hydrogens (tertiary/aromatic N) is 1. The smallest absolute Gasteiger partial charge is 0.235 e. The molecule has 170 valence electrons. The summed E-state index contributed by atoms with van der Waals surface area (Å²) in [5.41, 5.74) is 1.87. The van der Waals surface area contributed by atoms with Gasteiger partial charge in [0.1, 0.15) is 36.1 Å². The minimum absolute atomic E-state index is 0.101. The number of hydrogen-bond donors (Lipinski definition) is 1. The van der Waals surface area contributed by atoms with Crippen LogP contribution in [0, 0.1) is 13.8 Å². The van der Waals surface area contributed by atoms with Crippen LogP contribution in [-0.4, -0.2) is 42.4 Å². The van der Waals surface area contributed by atoms with Crippen LogP contribution in [0.1, 0.15) is 30.4 Å². The van der Waals surface area contributed by atoms with Crippen LogP contribution in [0.5, 0.6) is 17.2 Å². The zero-order chi connectivity index (χ0) is 22.7.